The van der Waals surface area contributed by atoms with E-state index >= 15 is 0 Å². The van der Waals surface area contributed by atoms with Crippen molar-refractivity contribution in [1.29, 1.82) is 0 Å². The molecule has 0 fully saturated rings. The molecule has 2 nitrogen and oxygen atoms in total. The summed E-state index contributed by atoms with van der Waals surface area (Å²) in [4.78, 5) is 1.15. The summed E-state index contributed by atoms with van der Waals surface area (Å²) in [6.07, 6.45) is 0. The molecule has 19 heavy (non-hydrogen) atoms. The zero-order chi connectivity index (χ0) is 12.8. The van der Waals surface area contributed by atoms with Crippen LogP contribution < -0.4 is 0 Å². The summed E-state index contributed by atoms with van der Waals surface area (Å²) in [6.45, 7) is 0. The Morgan fingerprint density at radius 3 is 2.42 bits per heavy atom. The lowest BCUT2D eigenvalue weighted by atomic mass is 9.99. The molecule has 0 aromatic heterocycles. The Labute approximate surface area is 115 Å². The highest BCUT2D eigenvalue weighted by Crippen LogP contribution is 2.53. The SMILES string of the molecule is [N-]=[N+]1Sc2c1c(-c1ccccc1)cc1ccccc21. The first-order valence-electron chi connectivity index (χ1n) is 6.13. The normalized spacial score (nSPS) is 13.2. The molecule has 0 spiro atoms. The van der Waals surface area contributed by atoms with Gasteiger partial charge in [0.05, 0.1) is 5.56 Å². The van der Waals surface area contributed by atoms with Crippen LogP contribution in [0.1, 0.15) is 0 Å². The largest absolute Gasteiger partial charge is 0.484 e. The molecule has 0 saturated carbocycles. The van der Waals surface area contributed by atoms with Crippen LogP contribution in [-0.4, -0.2) is 4.10 Å². The van der Waals surface area contributed by atoms with Crippen LogP contribution in [0.4, 0.5) is 5.69 Å². The standard InChI is InChI=1S/C16H10N2S/c17-18-15-14(11-6-2-1-3-7-11)10-12-8-4-5-9-13(12)16(15)19-18/h1-10H. The Kier molecular flexibility index (Phi) is 2.23. The van der Waals surface area contributed by atoms with Crippen LogP contribution in [0.3, 0.4) is 0 Å². The number of rotatable bonds is 1. The van der Waals surface area contributed by atoms with Crippen molar-refractivity contribution in [3.05, 3.63) is 66.2 Å². The molecule has 0 radical (unpaired) electrons. The summed E-state index contributed by atoms with van der Waals surface area (Å²) in [5.74, 6) is 0. The first-order chi connectivity index (χ1) is 9.34. The van der Waals surface area contributed by atoms with E-state index in [0.29, 0.717) is 0 Å². The fourth-order valence-corrected chi connectivity index (χ4v) is 3.41. The number of benzene rings is 3. The van der Waals surface area contributed by atoms with Crippen molar-refractivity contribution in [2.24, 2.45) is 0 Å². The molecule has 3 aromatic rings. The highest BCUT2D eigenvalue weighted by atomic mass is 32.2. The second kappa shape index (κ2) is 3.93. The van der Waals surface area contributed by atoms with E-state index in [-0.39, 0.29) is 0 Å². The first-order valence-corrected chi connectivity index (χ1v) is 6.90. The van der Waals surface area contributed by atoms with E-state index in [1.54, 1.807) is 0 Å². The van der Waals surface area contributed by atoms with Crippen LogP contribution in [0.2, 0.25) is 0 Å². The quantitative estimate of drug-likeness (QED) is 0.437. The van der Waals surface area contributed by atoms with Crippen molar-refractivity contribution in [1.82, 2.24) is 0 Å². The Balaban J connectivity index is 2.09. The van der Waals surface area contributed by atoms with E-state index in [9.17, 15) is 5.53 Å². The van der Waals surface area contributed by atoms with E-state index in [2.05, 4.69) is 30.3 Å². The summed E-state index contributed by atoms with van der Waals surface area (Å²) in [6, 6.07) is 20.6. The maximum Gasteiger partial charge on any atom is 0.236 e. The van der Waals surface area contributed by atoms with Gasteiger partial charge >= 0.3 is 0 Å². The number of nitrogens with zero attached hydrogens (tertiary/aromatic N) is 2. The van der Waals surface area contributed by atoms with Gasteiger partial charge in [0.2, 0.25) is 5.69 Å². The second-order valence-corrected chi connectivity index (χ2v) is 5.49. The Morgan fingerprint density at radius 1 is 0.895 bits per heavy atom. The maximum atomic E-state index is 9.90. The molecular formula is C16H10N2S. The molecule has 4 rings (SSSR count). The van der Waals surface area contributed by atoms with Gasteiger partial charge in [-0.15, -0.1) is 0 Å². The van der Waals surface area contributed by atoms with Gasteiger partial charge in [0.25, 0.3) is 0 Å². The van der Waals surface area contributed by atoms with Crippen LogP contribution in [0.25, 0.3) is 27.4 Å². The van der Waals surface area contributed by atoms with Crippen molar-refractivity contribution in [3.8, 4) is 11.1 Å². The predicted molar refractivity (Wildman–Crippen MR) is 78.5 cm³/mol. The molecule has 0 bridgehead atoms. The predicted octanol–water partition coefficient (Wildman–Crippen LogP) is 5.19. The number of hydrogen-bond donors (Lipinski definition) is 0. The van der Waals surface area contributed by atoms with Gasteiger partial charge in [-0.05, 0) is 17.0 Å². The van der Waals surface area contributed by atoms with E-state index in [1.165, 1.54) is 26.8 Å². The Hall–Kier alpha value is -2.13. The van der Waals surface area contributed by atoms with Crippen LogP contribution in [0.5, 0.6) is 0 Å². The van der Waals surface area contributed by atoms with Gasteiger partial charge in [0, 0.05) is 5.39 Å². The fourth-order valence-electron chi connectivity index (χ4n) is 2.52. The fraction of sp³-hybridized carbons (Fsp3) is 0. The monoisotopic (exact) mass is 262 g/mol. The zero-order valence-corrected chi connectivity index (χ0v) is 10.9. The van der Waals surface area contributed by atoms with Crippen LogP contribution in [0, 0.1) is 0 Å². The van der Waals surface area contributed by atoms with Gasteiger partial charge in [-0.3, -0.25) is 0 Å². The van der Waals surface area contributed by atoms with Crippen molar-refractivity contribution >= 4 is 28.4 Å². The molecule has 0 N–H and O–H groups in total. The second-order valence-electron chi connectivity index (χ2n) is 4.55. The van der Waals surface area contributed by atoms with Gasteiger partial charge in [-0.25, -0.2) is 4.10 Å². The van der Waals surface area contributed by atoms with Gasteiger partial charge in [0.15, 0.2) is 16.8 Å². The minimum absolute atomic E-state index is 0.912. The average Bonchev–Trinajstić information content (AvgIpc) is 2.46. The van der Waals surface area contributed by atoms with E-state index in [1.807, 2.05) is 30.3 Å². The van der Waals surface area contributed by atoms with Crippen molar-refractivity contribution in [3.63, 3.8) is 0 Å². The average molecular weight is 262 g/mol. The molecule has 0 unspecified atom stereocenters. The summed E-state index contributed by atoms with van der Waals surface area (Å²) >= 11 is 1.38. The third-order valence-electron chi connectivity index (χ3n) is 3.43. The molecule has 1 heterocycles. The lowest BCUT2D eigenvalue weighted by Crippen LogP contribution is -2.04. The van der Waals surface area contributed by atoms with Crippen LogP contribution in [-0.2, 0) is 0 Å². The highest BCUT2D eigenvalue weighted by molar-refractivity contribution is 7.95. The van der Waals surface area contributed by atoms with Crippen LogP contribution >= 0.6 is 11.9 Å². The van der Waals surface area contributed by atoms with Gasteiger partial charge in [-0.1, -0.05) is 54.6 Å². The molecule has 1 aliphatic rings. The van der Waals surface area contributed by atoms with Crippen molar-refractivity contribution in [2.75, 3.05) is 0 Å². The third-order valence-corrected chi connectivity index (χ3v) is 4.38. The molecule has 3 aromatic carbocycles. The molecule has 90 valence electrons. The number of fused-ring (bicyclic) bond motifs is 3. The highest BCUT2D eigenvalue weighted by Gasteiger charge is 2.33. The summed E-state index contributed by atoms with van der Waals surface area (Å²) < 4.78 is 1.25. The van der Waals surface area contributed by atoms with E-state index in [4.69, 9.17) is 0 Å². The summed E-state index contributed by atoms with van der Waals surface area (Å²) in [7, 11) is 0. The molecular weight excluding hydrogens is 252 g/mol. The molecule has 0 aliphatic carbocycles. The first kappa shape index (κ1) is 10.8. The molecule has 0 atom stereocenters. The topological polar surface area (TPSA) is 25.3 Å². The van der Waals surface area contributed by atoms with Gasteiger partial charge in [-0.2, -0.15) is 0 Å². The minimum atomic E-state index is 0.912. The molecule has 0 saturated heterocycles. The molecule has 0 amide bonds. The lowest BCUT2D eigenvalue weighted by Gasteiger charge is -2.21. The third kappa shape index (κ3) is 1.52. The van der Waals surface area contributed by atoms with E-state index in [0.717, 1.165) is 21.7 Å². The summed E-state index contributed by atoms with van der Waals surface area (Å²) in [5, 5.41) is 2.41. The zero-order valence-electron chi connectivity index (χ0n) is 10.1. The lowest BCUT2D eigenvalue weighted by molar-refractivity contribution is -0.284. The van der Waals surface area contributed by atoms with Crippen molar-refractivity contribution in [2.45, 2.75) is 4.90 Å². The number of hydrogen-bond acceptors (Lipinski definition) is 1. The summed E-state index contributed by atoms with van der Waals surface area (Å²) in [5.41, 5.74) is 13.0. The Morgan fingerprint density at radius 2 is 1.63 bits per heavy atom. The Bertz CT molecular complexity index is 810. The molecule has 3 heteroatoms. The van der Waals surface area contributed by atoms with Crippen LogP contribution in [0.15, 0.2) is 65.6 Å². The van der Waals surface area contributed by atoms with Gasteiger partial charge < -0.3 is 5.53 Å². The maximum absolute atomic E-state index is 9.90. The molecule has 1 aliphatic heterocycles. The van der Waals surface area contributed by atoms with Gasteiger partial charge in [0.1, 0.15) is 0 Å². The van der Waals surface area contributed by atoms with E-state index < -0.39 is 0 Å². The van der Waals surface area contributed by atoms with Crippen molar-refractivity contribution < 1.29 is 4.10 Å². The smallest absolute Gasteiger partial charge is 0.236 e. The minimum Gasteiger partial charge on any atom is -0.484 e.